The van der Waals surface area contributed by atoms with Crippen molar-refractivity contribution in [2.24, 2.45) is 0 Å². The molecule has 0 aliphatic rings. The second-order valence-electron chi connectivity index (χ2n) is 5.04. The number of anilines is 2. The van der Waals surface area contributed by atoms with Gasteiger partial charge in [-0.1, -0.05) is 30.3 Å². The molecule has 0 saturated heterocycles. The molecule has 0 spiro atoms. The Morgan fingerprint density at radius 3 is 2.45 bits per heavy atom. The fourth-order valence-corrected chi connectivity index (χ4v) is 2.61. The van der Waals surface area contributed by atoms with Crippen molar-refractivity contribution in [3.05, 3.63) is 60.2 Å². The summed E-state index contributed by atoms with van der Waals surface area (Å²) in [5, 5.41) is 2.06. The molecule has 0 radical (unpaired) electrons. The minimum atomic E-state index is -0.403. The van der Waals surface area contributed by atoms with Gasteiger partial charge in [-0.15, -0.1) is 0 Å². The molecule has 3 aromatic rings. The highest BCUT2D eigenvalue weighted by Crippen LogP contribution is 2.37. The Kier molecular flexibility index (Phi) is 3.43. The van der Waals surface area contributed by atoms with Crippen molar-refractivity contribution in [3.63, 3.8) is 0 Å². The number of benzene rings is 3. The van der Waals surface area contributed by atoms with Gasteiger partial charge in [0, 0.05) is 22.5 Å². The van der Waals surface area contributed by atoms with Gasteiger partial charge >= 0.3 is 5.97 Å². The van der Waals surface area contributed by atoms with Gasteiger partial charge in [0.25, 0.3) is 0 Å². The number of hydrogen-bond acceptors (Lipinski definition) is 4. The van der Waals surface area contributed by atoms with E-state index in [0.29, 0.717) is 16.9 Å². The average Bonchev–Trinajstić information content (AvgIpc) is 2.55. The van der Waals surface area contributed by atoms with Gasteiger partial charge in [0.2, 0.25) is 0 Å². The van der Waals surface area contributed by atoms with E-state index in [1.54, 1.807) is 18.2 Å². The Balaban J connectivity index is 2.32. The summed E-state index contributed by atoms with van der Waals surface area (Å²) >= 11 is 0. The van der Waals surface area contributed by atoms with Crippen molar-refractivity contribution >= 4 is 28.1 Å². The van der Waals surface area contributed by atoms with Crippen molar-refractivity contribution in [1.29, 1.82) is 0 Å². The molecule has 0 aliphatic heterocycles. The van der Waals surface area contributed by atoms with Crippen LogP contribution in [-0.4, -0.2) is 13.1 Å². The van der Waals surface area contributed by atoms with Crippen molar-refractivity contribution in [1.82, 2.24) is 0 Å². The summed E-state index contributed by atoms with van der Waals surface area (Å²) < 4.78 is 4.77. The van der Waals surface area contributed by atoms with E-state index in [4.69, 9.17) is 16.2 Å². The highest BCUT2D eigenvalue weighted by molar-refractivity contribution is 6.05. The number of nitrogen functional groups attached to an aromatic ring is 2. The summed E-state index contributed by atoms with van der Waals surface area (Å²) in [6.45, 7) is 0. The molecular formula is C18H16N2O2. The van der Waals surface area contributed by atoms with Gasteiger partial charge in [-0.05, 0) is 35.0 Å². The molecule has 110 valence electrons. The third kappa shape index (κ3) is 2.24. The normalized spacial score (nSPS) is 10.6. The first kappa shape index (κ1) is 13.9. The Bertz CT molecular complexity index is 872. The predicted octanol–water partition coefficient (Wildman–Crippen LogP) is 3.46. The largest absolute Gasteiger partial charge is 0.465 e. The monoisotopic (exact) mass is 292 g/mol. The molecule has 0 amide bonds. The Labute approximate surface area is 128 Å². The molecular weight excluding hydrogens is 276 g/mol. The van der Waals surface area contributed by atoms with E-state index in [-0.39, 0.29) is 0 Å². The molecule has 22 heavy (non-hydrogen) atoms. The van der Waals surface area contributed by atoms with Crippen LogP contribution in [0, 0.1) is 0 Å². The second-order valence-corrected chi connectivity index (χ2v) is 5.04. The lowest BCUT2D eigenvalue weighted by Gasteiger charge is -2.13. The zero-order valence-electron chi connectivity index (χ0n) is 12.2. The third-order valence-corrected chi connectivity index (χ3v) is 3.70. The molecule has 4 N–H and O–H groups in total. The Morgan fingerprint density at radius 2 is 1.68 bits per heavy atom. The minimum absolute atomic E-state index is 0.403. The molecule has 0 saturated carbocycles. The van der Waals surface area contributed by atoms with Crippen molar-refractivity contribution in [2.75, 3.05) is 18.6 Å². The van der Waals surface area contributed by atoms with Crippen LogP contribution in [0.15, 0.2) is 54.6 Å². The quantitative estimate of drug-likeness (QED) is 0.560. The van der Waals surface area contributed by atoms with Crippen LogP contribution in [0.4, 0.5) is 11.4 Å². The highest BCUT2D eigenvalue weighted by atomic mass is 16.5. The van der Waals surface area contributed by atoms with E-state index in [0.717, 1.165) is 21.9 Å². The van der Waals surface area contributed by atoms with E-state index in [1.807, 2.05) is 36.4 Å². The molecule has 0 aromatic heterocycles. The van der Waals surface area contributed by atoms with Gasteiger partial charge in [0.15, 0.2) is 0 Å². The maximum Gasteiger partial charge on any atom is 0.337 e. The summed E-state index contributed by atoms with van der Waals surface area (Å²) in [5.74, 6) is -0.403. The van der Waals surface area contributed by atoms with Gasteiger partial charge < -0.3 is 16.2 Å². The minimum Gasteiger partial charge on any atom is -0.465 e. The van der Waals surface area contributed by atoms with E-state index >= 15 is 0 Å². The summed E-state index contributed by atoms with van der Waals surface area (Å²) in [6.07, 6.45) is 0. The van der Waals surface area contributed by atoms with Crippen LogP contribution in [0.3, 0.4) is 0 Å². The van der Waals surface area contributed by atoms with Crippen LogP contribution < -0.4 is 11.5 Å². The van der Waals surface area contributed by atoms with Gasteiger partial charge in [0.05, 0.1) is 12.7 Å². The van der Waals surface area contributed by atoms with E-state index in [2.05, 4.69) is 0 Å². The fourth-order valence-electron chi connectivity index (χ4n) is 2.61. The number of methoxy groups -OCH3 is 1. The summed E-state index contributed by atoms with van der Waals surface area (Å²) in [7, 11) is 1.35. The SMILES string of the molecule is COC(=O)c1ccc(N)c(-c2c(N)ccc3ccccc23)c1. The number of hydrogen-bond donors (Lipinski definition) is 2. The molecule has 0 unspecified atom stereocenters. The highest BCUT2D eigenvalue weighted by Gasteiger charge is 2.14. The van der Waals surface area contributed by atoms with Gasteiger partial charge in [-0.25, -0.2) is 4.79 Å². The number of ether oxygens (including phenoxy) is 1. The zero-order valence-corrected chi connectivity index (χ0v) is 12.2. The Hall–Kier alpha value is -3.01. The summed E-state index contributed by atoms with van der Waals surface area (Å²) in [4.78, 5) is 11.8. The van der Waals surface area contributed by atoms with E-state index in [1.165, 1.54) is 7.11 Å². The zero-order chi connectivity index (χ0) is 15.7. The lowest BCUT2D eigenvalue weighted by molar-refractivity contribution is 0.0601. The summed E-state index contributed by atoms with van der Waals surface area (Å²) in [6, 6.07) is 16.8. The topological polar surface area (TPSA) is 78.3 Å². The maximum atomic E-state index is 11.8. The van der Waals surface area contributed by atoms with Crippen LogP contribution in [-0.2, 0) is 4.74 Å². The predicted molar refractivity (Wildman–Crippen MR) is 89.5 cm³/mol. The van der Waals surface area contributed by atoms with Crippen LogP contribution in [0.2, 0.25) is 0 Å². The van der Waals surface area contributed by atoms with Crippen LogP contribution in [0.25, 0.3) is 21.9 Å². The van der Waals surface area contributed by atoms with Crippen molar-refractivity contribution < 1.29 is 9.53 Å². The van der Waals surface area contributed by atoms with E-state index in [9.17, 15) is 4.79 Å². The number of fused-ring (bicyclic) bond motifs is 1. The number of esters is 1. The number of nitrogens with two attached hydrogens (primary N) is 2. The number of carbonyl (C=O) groups excluding carboxylic acids is 1. The van der Waals surface area contributed by atoms with Gasteiger partial charge in [0.1, 0.15) is 0 Å². The first-order valence-corrected chi connectivity index (χ1v) is 6.87. The molecule has 0 fully saturated rings. The summed E-state index contributed by atoms with van der Waals surface area (Å²) in [5.41, 5.74) is 15.5. The smallest absolute Gasteiger partial charge is 0.337 e. The lowest BCUT2D eigenvalue weighted by Crippen LogP contribution is -2.03. The van der Waals surface area contributed by atoms with Crippen LogP contribution >= 0.6 is 0 Å². The van der Waals surface area contributed by atoms with Crippen molar-refractivity contribution in [2.45, 2.75) is 0 Å². The molecule has 0 aliphatic carbocycles. The number of carbonyl (C=O) groups is 1. The molecule has 0 atom stereocenters. The van der Waals surface area contributed by atoms with Gasteiger partial charge in [-0.3, -0.25) is 0 Å². The van der Waals surface area contributed by atoms with E-state index < -0.39 is 5.97 Å². The molecule has 4 nitrogen and oxygen atoms in total. The molecule has 0 bridgehead atoms. The fraction of sp³-hybridized carbons (Fsp3) is 0.0556. The lowest BCUT2D eigenvalue weighted by atomic mass is 9.94. The third-order valence-electron chi connectivity index (χ3n) is 3.70. The average molecular weight is 292 g/mol. The standard InChI is InChI=1S/C18H16N2O2/c1-22-18(21)12-7-8-15(19)14(10-12)17-13-5-3-2-4-11(13)6-9-16(17)20/h2-10H,19-20H2,1H3. The van der Waals surface area contributed by atoms with Crippen molar-refractivity contribution in [3.8, 4) is 11.1 Å². The van der Waals surface area contributed by atoms with Crippen LogP contribution in [0.5, 0.6) is 0 Å². The number of rotatable bonds is 2. The van der Waals surface area contributed by atoms with Gasteiger partial charge in [-0.2, -0.15) is 0 Å². The molecule has 3 aromatic carbocycles. The first-order valence-electron chi connectivity index (χ1n) is 6.87. The maximum absolute atomic E-state index is 11.8. The molecule has 0 heterocycles. The second kappa shape index (κ2) is 5.41. The molecule has 4 heteroatoms. The first-order chi connectivity index (χ1) is 10.6. The molecule has 3 rings (SSSR count). The van der Waals surface area contributed by atoms with Crippen LogP contribution in [0.1, 0.15) is 10.4 Å². The Morgan fingerprint density at radius 1 is 0.955 bits per heavy atom.